The molecule has 0 radical (unpaired) electrons. The lowest BCUT2D eigenvalue weighted by Crippen LogP contribution is -2.60. The number of nitrogens with zero attached hydrogens (tertiary/aromatic N) is 9. The molecule has 698 valence electrons. The Labute approximate surface area is 773 Å². The third-order valence-corrected chi connectivity index (χ3v) is 27.4. The van der Waals surface area contributed by atoms with Crippen LogP contribution in [-0.4, -0.2) is 242 Å². The number of aliphatic hydroxyl groups is 4. The molecular weight excluding hydrogens is 1780 g/mol. The number of nitrogens with one attached hydrogen (secondary N) is 3. The fourth-order valence-corrected chi connectivity index (χ4v) is 20.5. The van der Waals surface area contributed by atoms with E-state index in [1.54, 1.807) is 83.3 Å². The lowest BCUT2D eigenvalue weighted by molar-refractivity contribution is -0.916. The van der Waals surface area contributed by atoms with Crippen molar-refractivity contribution in [1.29, 1.82) is 0 Å². The Morgan fingerprint density at radius 1 is 0.602 bits per heavy atom. The summed E-state index contributed by atoms with van der Waals surface area (Å²) in [6.07, 6.45) is 1.42. The van der Waals surface area contributed by atoms with Gasteiger partial charge in [-0.3, -0.25) is 38.8 Å². The van der Waals surface area contributed by atoms with Crippen LogP contribution in [0.3, 0.4) is 0 Å². The van der Waals surface area contributed by atoms with Gasteiger partial charge in [0.25, 0.3) is 29.5 Å². The molecule has 36 nitrogen and oxygen atoms in total. The number of hydrogen-bond acceptors (Lipinski definition) is 30. The van der Waals surface area contributed by atoms with Gasteiger partial charge in [0.1, 0.15) is 56.5 Å². The van der Waals surface area contributed by atoms with E-state index in [1.807, 2.05) is 70.0 Å². The van der Waals surface area contributed by atoms with Gasteiger partial charge in [0, 0.05) is 109 Å². The molecule has 7 N–H and O–H groups in total. The minimum atomic E-state index is -5.11. The first kappa shape index (κ1) is 92.3. The zero-order valence-corrected chi connectivity index (χ0v) is 75.7. The van der Waals surface area contributed by atoms with Crippen molar-refractivity contribution in [2.75, 3.05) is 92.5 Å². The SMILES string of the molecule is COc1cc2c(cc1OCc1cc(COc3cc4c(cc3OC)C(=O)N3Cc5ccsc5C[C@H]3C=N4)cc(C[N+](C)(C)Cc3ccc(OS(=O)(=O)Oc4cc(C(=O)NCCOCCNC(=O)OCC5[C@H]6CCc7c(nnn7CCOCCNC(=O)Cc7ccc(N8C(=O)C=CC8=O)cc7)CC[C@@H]56)ccc4OC4O[C@H](CO)[C@H](O)[C@H](O)[C@H]4O)cc3)c1)N=C[C@@H]1Cc3sccc3CN1C2=O. The van der Waals surface area contributed by atoms with Gasteiger partial charge < -0.3 is 102 Å². The molecule has 7 amide bonds. The second kappa shape index (κ2) is 40.5. The molecule has 9 aromatic rings. The van der Waals surface area contributed by atoms with Crippen LogP contribution in [0.2, 0.25) is 0 Å². The normalized spacial score (nSPS) is 20.9. The molecule has 3 aromatic heterocycles. The molecule has 133 heavy (non-hydrogen) atoms. The van der Waals surface area contributed by atoms with E-state index in [1.165, 1.54) is 54.3 Å². The Morgan fingerprint density at radius 2 is 1.18 bits per heavy atom. The molecule has 6 aliphatic heterocycles. The second-order valence-corrected chi connectivity index (χ2v) is 37.4. The van der Waals surface area contributed by atoms with E-state index in [4.69, 9.17) is 61.0 Å². The van der Waals surface area contributed by atoms with E-state index in [0.717, 1.165) is 93.0 Å². The topological polar surface area (TPSA) is 437 Å². The number of aliphatic imine (C=N–C) groups is 2. The number of rotatable bonds is 37. The van der Waals surface area contributed by atoms with Crippen molar-refractivity contribution in [3.63, 3.8) is 0 Å². The number of aliphatic hydroxyl groups excluding tert-OH is 4. The van der Waals surface area contributed by atoms with Crippen LogP contribution in [0.1, 0.15) is 104 Å². The van der Waals surface area contributed by atoms with Crippen LogP contribution in [-0.2, 0) is 122 Å². The highest BCUT2D eigenvalue weighted by atomic mass is 32.3. The van der Waals surface area contributed by atoms with E-state index >= 15 is 0 Å². The summed E-state index contributed by atoms with van der Waals surface area (Å²) in [5.41, 5.74) is 10.2. The van der Waals surface area contributed by atoms with Gasteiger partial charge in [0.05, 0.1) is 133 Å². The number of hydrogen-bond donors (Lipinski definition) is 7. The number of amides is 7. The van der Waals surface area contributed by atoms with Gasteiger partial charge in [-0.25, -0.2) is 14.4 Å². The standard InChI is InChI=1S/C94H100N12O24S3/c1-106(2,49-56-33-57(51-124-78-42-72-68(40-76(78)120-3)91(115)102-46-60-21-31-131-82(60)38-63(102)44-98-72)35-58(34-56)52-125-79-43-73-69(41-77(79)121-4)92(116)103-47-61-22-32-132-83(61)39-64(103)45-99-73)48-55-7-12-65(13-8-55)129-133(118,119)130-80-37-59(9-18-75(80)127-93-89(113)88(112)87(111)81(50-107)128-93)90(114)96-24-28-122-29-25-97-94(117)126-53-70-66-14-16-71-74(17-15-67(66)70)104(101-100-71)26-30-123-27-23-95-84(108)36-54-5-10-62(11-6-54)105-85(109)19-20-86(105)110/h5-13,18-22,31-35,37,40-45,63-64,66-67,70,81,87-89,93,107,111-113H,14-17,23-30,36,38-39,46-53H2,1-4H3,(H2-,95,96,97,108,114,117)/p+1/t63-,64-,66+,67-,70?,81+,87-,88-,89+,93?/m0/s1. The highest BCUT2D eigenvalue weighted by Crippen LogP contribution is 2.53. The Kier molecular flexibility index (Phi) is 28.1. The molecule has 0 bridgehead atoms. The zero-order valence-electron chi connectivity index (χ0n) is 73.3. The van der Waals surface area contributed by atoms with Gasteiger partial charge in [-0.15, -0.1) is 36.2 Å². The number of ether oxygens (including phenoxy) is 9. The summed E-state index contributed by atoms with van der Waals surface area (Å²) in [7, 11) is 1.99. The second-order valence-electron chi connectivity index (χ2n) is 34.2. The monoisotopic (exact) mass is 1880 g/mol. The molecule has 39 heteroatoms. The Balaban J connectivity index is 0.488. The highest BCUT2D eigenvalue weighted by molar-refractivity contribution is 7.82. The van der Waals surface area contributed by atoms with Crippen molar-refractivity contribution in [2.45, 2.75) is 134 Å². The van der Waals surface area contributed by atoms with E-state index in [-0.39, 0.29) is 99.6 Å². The minimum absolute atomic E-state index is 0.00660. The Hall–Kier alpha value is -12.5. The summed E-state index contributed by atoms with van der Waals surface area (Å²) in [4.78, 5) is 109. The van der Waals surface area contributed by atoms with Gasteiger partial charge in [-0.1, -0.05) is 17.3 Å². The molecule has 10 atom stereocenters. The first-order valence-corrected chi connectivity index (χ1v) is 46.8. The lowest BCUT2D eigenvalue weighted by Gasteiger charge is -2.39. The largest absolute Gasteiger partial charge is 0.501 e. The number of aryl methyl sites for hydroxylation is 1. The van der Waals surface area contributed by atoms with Gasteiger partial charge in [-0.05, 0) is 179 Å². The number of quaternary nitrogens is 1. The van der Waals surface area contributed by atoms with Crippen LogP contribution >= 0.6 is 22.7 Å². The minimum Gasteiger partial charge on any atom is -0.493 e. The number of methoxy groups -OCH3 is 2. The van der Waals surface area contributed by atoms with E-state index in [2.05, 4.69) is 38.4 Å². The molecule has 2 fully saturated rings. The number of fused-ring (bicyclic) bond motifs is 8. The average molecular weight is 1880 g/mol. The van der Waals surface area contributed by atoms with E-state index in [0.29, 0.717) is 133 Å². The summed E-state index contributed by atoms with van der Waals surface area (Å²) in [6.45, 7) is 2.89. The smallest absolute Gasteiger partial charge is 0.493 e. The summed E-state index contributed by atoms with van der Waals surface area (Å²) in [6, 6.07) is 32.9. The third kappa shape index (κ3) is 21.6. The number of carbonyl (C=O) groups excluding carboxylic acids is 7. The van der Waals surface area contributed by atoms with Crippen LogP contribution in [0.5, 0.6) is 40.2 Å². The number of alkyl carbamates (subject to hydrolysis) is 1. The molecule has 0 spiro atoms. The molecule has 17 rings (SSSR count). The fourth-order valence-electron chi connectivity index (χ4n) is 17.9. The van der Waals surface area contributed by atoms with Crippen LogP contribution in [0.4, 0.5) is 21.9 Å². The summed E-state index contributed by atoms with van der Waals surface area (Å²) in [5.74, 6) is -0.886. The van der Waals surface area contributed by atoms with Crippen LogP contribution < -0.4 is 52.9 Å². The molecule has 2 unspecified atom stereocenters. The lowest BCUT2D eigenvalue weighted by atomic mass is 9.99. The zero-order chi connectivity index (χ0) is 92.8. The maximum atomic E-state index is 14.3. The summed E-state index contributed by atoms with van der Waals surface area (Å²) >= 11 is 3.35. The average Bonchev–Trinajstić information content (AvgIpc) is 1.61. The maximum Gasteiger partial charge on any atom is 0.501 e. The summed E-state index contributed by atoms with van der Waals surface area (Å²) in [5, 5.41) is 63.2. The van der Waals surface area contributed by atoms with Crippen LogP contribution in [0, 0.1) is 17.8 Å². The first-order valence-electron chi connectivity index (χ1n) is 43.7. The van der Waals surface area contributed by atoms with E-state index < -0.39 is 83.0 Å². The van der Waals surface area contributed by atoms with Crippen molar-refractivity contribution in [3.05, 3.63) is 221 Å². The number of anilines is 1. The molecule has 9 heterocycles. The van der Waals surface area contributed by atoms with Crippen molar-refractivity contribution < 1.29 is 118 Å². The molecule has 2 aliphatic carbocycles. The number of aromatic nitrogens is 3. The molecule has 1 saturated carbocycles. The van der Waals surface area contributed by atoms with Crippen molar-refractivity contribution in [3.8, 4) is 40.2 Å². The van der Waals surface area contributed by atoms with Crippen LogP contribution in [0.15, 0.2) is 154 Å². The van der Waals surface area contributed by atoms with Gasteiger partial charge in [0.15, 0.2) is 34.5 Å². The molecular formula is C94H101N12O24S3+. The first-order chi connectivity index (χ1) is 64.3. The highest BCUT2D eigenvalue weighted by Gasteiger charge is 2.51. The van der Waals surface area contributed by atoms with Gasteiger partial charge >= 0.3 is 16.5 Å². The summed E-state index contributed by atoms with van der Waals surface area (Å²) < 4.78 is 94.9. The third-order valence-electron chi connectivity index (χ3n) is 24.7. The van der Waals surface area contributed by atoms with Crippen LogP contribution in [0.25, 0.3) is 0 Å². The van der Waals surface area contributed by atoms with Gasteiger partial charge in [-0.2, -0.15) is 0 Å². The number of imide groups is 1. The quantitative estimate of drug-likeness (QED) is 0.0112. The predicted molar refractivity (Wildman–Crippen MR) is 483 cm³/mol. The Bertz CT molecular complexity index is 5900. The Morgan fingerprint density at radius 3 is 1.80 bits per heavy atom. The molecule has 8 aliphatic rings. The number of benzene rings is 6. The fraction of sp³-hybridized carbons (Fsp3) is 0.394. The van der Waals surface area contributed by atoms with Crippen molar-refractivity contribution >= 4 is 104 Å². The number of thiophene rings is 2. The van der Waals surface area contributed by atoms with Gasteiger partial charge in [0.2, 0.25) is 12.2 Å². The van der Waals surface area contributed by atoms with Crippen molar-refractivity contribution in [1.82, 2.24) is 40.7 Å². The number of carbonyl (C=O) groups is 7. The van der Waals surface area contributed by atoms with E-state index in [9.17, 15) is 62.4 Å². The van der Waals surface area contributed by atoms with Crippen molar-refractivity contribution in [2.24, 2.45) is 27.7 Å². The molecule has 6 aromatic carbocycles. The predicted octanol–water partition coefficient (Wildman–Crippen LogP) is 7.52. The maximum absolute atomic E-state index is 14.3. The molecule has 1 saturated heterocycles.